The van der Waals surface area contributed by atoms with Gasteiger partial charge in [0, 0.05) is 34.9 Å². The van der Waals surface area contributed by atoms with Crippen molar-refractivity contribution in [2.75, 3.05) is 26.2 Å². The second-order valence-corrected chi connectivity index (χ2v) is 8.19. The molecule has 0 aliphatic carbocycles. The van der Waals surface area contributed by atoms with Crippen LogP contribution in [0.1, 0.15) is 58.4 Å². The number of aromatic nitrogens is 1. The molecule has 3 aromatic rings. The minimum Gasteiger partial charge on any atom is -0.341 e. The van der Waals surface area contributed by atoms with Gasteiger partial charge in [0.05, 0.1) is 0 Å². The highest BCUT2D eigenvalue weighted by molar-refractivity contribution is 6.08. The third-order valence-corrected chi connectivity index (χ3v) is 5.97. The summed E-state index contributed by atoms with van der Waals surface area (Å²) in [5.41, 5.74) is 4.07. The van der Waals surface area contributed by atoms with Gasteiger partial charge in [-0.05, 0) is 76.1 Å². The average Bonchev–Trinajstić information content (AvgIpc) is 3.08. The fraction of sp³-hybridized carbons (Fsp3) is 0.538. The van der Waals surface area contributed by atoms with Crippen molar-refractivity contribution in [3.63, 3.8) is 0 Å². The van der Waals surface area contributed by atoms with E-state index in [1.54, 1.807) is 0 Å². The molecular weight excluding hydrogens is 354 g/mol. The Bertz CT molecular complexity index is 872. The van der Waals surface area contributed by atoms with Crippen LogP contribution in [0, 0.1) is 0 Å². The van der Waals surface area contributed by atoms with Crippen LogP contribution in [0.15, 0.2) is 42.5 Å². The first-order valence-electron chi connectivity index (χ1n) is 11.7. The third-order valence-electron chi connectivity index (χ3n) is 5.97. The van der Waals surface area contributed by atoms with E-state index in [0.29, 0.717) is 0 Å². The zero-order valence-electron chi connectivity index (χ0n) is 18.7. The van der Waals surface area contributed by atoms with Crippen LogP contribution in [-0.4, -0.2) is 35.6 Å². The maximum absolute atomic E-state index is 3.67. The maximum Gasteiger partial charge on any atom is 0.0491 e. The summed E-state index contributed by atoms with van der Waals surface area (Å²) in [5.74, 6) is 0. The standard InChI is InChI=1S/C26H39N3/c1-4-7-17-28(18-8-5-2)19-11-16-27-21-22-14-15-26-24(20-22)23-12-9-10-13-25(23)29(26)6-3/h9-10,12-15,20,27H,4-8,11,16-19,21H2,1-3H3. The molecule has 3 nitrogen and oxygen atoms in total. The minimum atomic E-state index is 0.950. The van der Waals surface area contributed by atoms with Gasteiger partial charge in [0.1, 0.15) is 0 Å². The van der Waals surface area contributed by atoms with Crippen molar-refractivity contribution in [3.05, 3.63) is 48.0 Å². The molecule has 3 rings (SSSR count). The number of nitrogens with zero attached hydrogens (tertiary/aromatic N) is 2. The van der Waals surface area contributed by atoms with Crippen molar-refractivity contribution in [2.45, 2.75) is 66.0 Å². The van der Waals surface area contributed by atoms with Crippen LogP contribution in [0.4, 0.5) is 0 Å². The molecular formula is C26H39N3. The average molecular weight is 394 g/mol. The highest BCUT2D eigenvalue weighted by Crippen LogP contribution is 2.29. The molecule has 1 N–H and O–H groups in total. The van der Waals surface area contributed by atoms with Crippen molar-refractivity contribution in [3.8, 4) is 0 Å². The van der Waals surface area contributed by atoms with Crippen LogP contribution >= 0.6 is 0 Å². The van der Waals surface area contributed by atoms with Crippen molar-refractivity contribution in [1.82, 2.24) is 14.8 Å². The molecule has 0 bridgehead atoms. The van der Waals surface area contributed by atoms with Gasteiger partial charge in [0.15, 0.2) is 0 Å². The molecule has 158 valence electrons. The van der Waals surface area contributed by atoms with E-state index in [4.69, 9.17) is 0 Å². The molecule has 2 aromatic carbocycles. The van der Waals surface area contributed by atoms with Gasteiger partial charge in [-0.1, -0.05) is 51.0 Å². The third kappa shape index (κ3) is 5.61. The molecule has 3 heteroatoms. The predicted molar refractivity (Wildman–Crippen MR) is 128 cm³/mol. The Morgan fingerprint density at radius 2 is 1.48 bits per heavy atom. The first-order chi connectivity index (χ1) is 14.3. The molecule has 0 radical (unpaired) electrons. The van der Waals surface area contributed by atoms with Crippen LogP contribution in [0.2, 0.25) is 0 Å². The number of fused-ring (bicyclic) bond motifs is 3. The molecule has 29 heavy (non-hydrogen) atoms. The topological polar surface area (TPSA) is 20.2 Å². The molecule has 0 saturated heterocycles. The van der Waals surface area contributed by atoms with E-state index in [9.17, 15) is 0 Å². The summed E-state index contributed by atoms with van der Waals surface area (Å²) >= 11 is 0. The SMILES string of the molecule is CCCCN(CCCC)CCCNCc1ccc2c(c1)c1ccccc1n2CC. The van der Waals surface area contributed by atoms with Crippen LogP contribution in [-0.2, 0) is 13.1 Å². The van der Waals surface area contributed by atoms with E-state index in [-0.39, 0.29) is 0 Å². The lowest BCUT2D eigenvalue weighted by atomic mass is 10.1. The summed E-state index contributed by atoms with van der Waals surface area (Å²) in [6, 6.07) is 15.7. The summed E-state index contributed by atoms with van der Waals surface area (Å²) in [4.78, 5) is 2.65. The second kappa shape index (κ2) is 11.4. The number of para-hydroxylation sites is 1. The number of rotatable bonds is 13. The molecule has 0 atom stereocenters. The Labute approximate surface area is 177 Å². The van der Waals surface area contributed by atoms with Gasteiger partial charge in [-0.25, -0.2) is 0 Å². The summed E-state index contributed by atoms with van der Waals surface area (Å²) < 4.78 is 2.42. The summed E-state index contributed by atoms with van der Waals surface area (Å²) in [7, 11) is 0. The zero-order chi connectivity index (χ0) is 20.5. The number of hydrogen-bond donors (Lipinski definition) is 1. The van der Waals surface area contributed by atoms with Gasteiger partial charge in [0.2, 0.25) is 0 Å². The molecule has 0 aliphatic heterocycles. The molecule has 1 aromatic heterocycles. The highest BCUT2D eigenvalue weighted by atomic mass is 15.1. The van der Waals surface area contributed by atoms with Crippen molar-refractivity contribution in [1.29, 1.82) is 0 Å². The number of nitrogens with one attached hydrogen (secondary N) is 1. The lowest BCUT2D eigenvalue weighted by Crippen LogP contribution is -2.29. The van der Waals surface area contributed by atoms with E-state index in [1.807, 2.05) is 0 Å². The fourth-order valence-electron chi connectivity index (χ4n) is 4.31. The first-order valence-corrected chi connectivity index (χ1v) is 11.7. The number of benzene rings is 2. The summed E-state index contributed by atoms with van der Waals surface area (Å²) in [6.07, 6.45) is 6.45. The molecule has 0 amide bonds. The molecule has 0 aliphatic rings. The van der Waals surface area contributed by atoms with Crippen molar-refractivity contribution in [2.24, 2.45) is 0 Å². The Balaban J connectivity index is 1.55. The highest BCUT2D eigenvalue weighted by Gasteiger charge is 2.09. The maximum atomic E-state index is 3.67. The van der Waals surface area contributed by atoms with E-state index in [2.05, 4.69) is 78.0 Å². The molecule has 0 fully saturated rings. The van der Waals surface area contributed by atoms with Gasteiger partial charge in [-0.15, -0.1) is 0 Å². The lowest BCUT2D eigenvalue weighted by Gasteiger charge is -2.22. The molecule has 0 saturated carbocycles. The Morgan fingerprint density at radius 3 is 2.21 bits per heavy atom. The first kappa shape index (κ1) is 21.9. The number of unbranched alkanes of at least 4 members (excludes halogenated alkanes) is 2. The fourth-order valence-corrected chi connectivity index (χ4v) is 4.31. The zero-order valence-corrected chi connectivity index (χ0v) is 18.7. The van der Waals surface area contributed by atoms with Gasteiger partial charge in [-0.3, -0.25) is 0 Å². The van der Waals surface area contributed by atoms with Gasteiger partial charge >= 0.3 is 0 Å². The van der Waals surface area contributed by atoms with Crippen LogP contribution < -0.4 is 5.32 Å². The quantitative estimate of drug-likeness (QED) is 0.349. The van der Waals surface area contributed by atoms with Gasteiger partial charge < -0.3 is 14.8 Å². The van der Waals surface area contributed by atoms with Crippen molar-refractivity contribution < 1.29 is 0 Å². The largest absolute Gasteiger partial charge is 0.341 e. The van der Waals surface area contributed by atoms with E-state index in [0.717, 1.165) is 19.6 Å². The van der Waals surface area contributed by atoms with Crippen LogP contribution in [0.25, 0.3) is 21.8 Å². The Kier molecular flexibility index (Phi) is 8.57. The van der Waals surface area contributed by atoms with Gasteiger partial charge in [0.25, 0.3) is 0 Å². The lowest BCUT2D eigenvalue weighted by molar-refractivity contribution is 0.261. The summed E-state index contributed by atoms with van der Waals surface area (Å²) in [5, 5.41) is 6.42. The predicted octanol–water partition coefficient (Wildman–Crippen LogP) is 6.20. The van der Waals surface area contributed by atoms with E-state index in [1.165, 1.54) is 79.1 Å². The Hall–Kier alpha value is -1.84. The monoisotopic (exact) mass is 393 g/mol. The minimum absolute atomic E-state index is 0.950. The second-order valence-electron chi connectivity index (χ2n) is 8.19. The van der Waals surface area contributed by atoms with Crippen LogP contribution in [0.3, 0.4) is 0 Å². The van der Waals surface area contributed by atoms with E-state index >= 15 is 0 Å². The summed E-state index contributed by atoms with van der Waals surface area (Å²) in [6.45, 7) is 13.6. The van der Waals surface area contributed by atoms with Crippen molar-refractivity contribution >= 4 is 21.8 Å². The van der Waals surface area contributed by atoms with E-state index < -0.39 is 0 Å². The molecule has 0 spiro atoms. The Morgan fingerprint density at radius 1 is 0.793 bits per heavy atom. The van der Waals surface area contributed by atoms with Crippen LogP contribution in [0.5, 0.6) is 0 Å². The normalized spacial score (nSPS) is 11.9. The van der Waals surface area contributed by atoms with Gasteiger partial charge in [-0.2, -0.15) is 0 Å². The smallest absolute Gasteiger partial charge is 0.0491 e. The number of aryl methyl sites for hydroxylation is 1. The molecule has 0 unspecified atom stereocenters. The number of hydrogen-bond acceptors (Lipinski definition) is 2. The molecule has 1 heterocycles.